The molecule has 9 heteroatoms. The largest absolute Gasteiger partial charge is 0.503 e. The van der Waals surface area contributed by atoms with Crippen molar-refractivity contribution in [3.05, 3.63) is 0 Å². The van der Waals surface area contributed by atoms with E-state index in [2.05, 4.69) is 0 Å². The Morgan fingerprint density at radius 3 is 0.833 bits per heavy atom. The normalized spacial score (nSPS) is 7.67. The Balaban J connectivity index is -0.000000196. The lowest BCUT2D eigenvalue weighted by Crippen LogP contribution is -2.00. The van der Waals surface area contributed by atoms with Crippen molar-refractivity contribution in [3.8, 4) is 0 Å². The summed E-state index contributed by atoms with van der Waals surface area (Å²) >= 11 is 0. The number of aliphatic carboxylic acids is 2. The summed E-state index contributed by atoms with van der Waals surface area (Å²) < 4.78 is 0. The lowest BCUT2D eigenvalue weighted by Gasteiger charge is -1.80. The molecule has 0 heterocycles. The van der Waals surface area contributed by atoms with Gasteiger partial charge >= 0.3 is 18.1 Å². The number of ketones is 2. The molecule has 0 aliphatic rings. The summed E-state index contributed by atoms with van der Waals surface area (Å²) in [4.78, 5) is 47.5. The molecule has 0 saturated heterocycles. The Bertz CT molecular complexity index is 264. The number of carboxylic acid groups (broad SMARTS) is 4. The fourth-order valence-electron chi connectivity index (χ4n) is 0.426. The molecule has 0 amide bonds. The van der Waals surface area contributed by atoms with Crippen molar-refractivity contribution in [1.82, 2.24) is 0 Å². The summed E-state index contributed by atoms with van der Waals surface area (Å²) in [5.41, 5.74) is 0. The van der Waals surface area contributed by atoms with E-state index >= 15 is 0 Å². The maximum absolute atomic E-state index is 9.87. The minimum absolute atomic E-state index is 0.312. The molecular formula is C9H14O9. The van der Waals surface area contributed by atoms with Gasteiger partial charge in [0.2, 0.25) is 0 Å². The number of carbonyl (C=O) groups excluding carboxylic acids is 2. The molecule has 0 aliphatic heterocycles. The van der Waals surface area contributed by atoms with Crippen LogP contribution in [-0.2, 0) is 19.2 Å². The summed E-state index contributed by atoms with van der Waals surface area (Å²) in [6, 6.07) is 0. The Kier molecular flexibility index (Phi) is 14.7. The lowest BCUT2D eigenvalue weighted by molar-refractivity contribution is -0.141. The third-order valence-corrected chi connectivity index (χ3v) is 0.800. The average molecular weight is 266 g/mol. The Morgan fingerprint density at radius 2 is 0.833 bits per heavy atom. The number of hydrogen-bond acceptors (Lipinski definition) is 5. The highest BCUT2D eigenvalue weighted by atomic mass is 16.6. The molecule has 0 radical (unpaired) electrons. The molecule has 0 spiro atoms. The molecule has 4 N–H and O–H groups in total. The maximum Gasteiger partial charge on any atom is 0.503 e. The molecule has 104 valence electrons. The number of Topliss-reactive ketones (excluding diaryl/α,β-unsaturated/α-hetero) is 2. The van der Waals surface area contributed by atoms with E-state index in [-0.39, 0.29) is 24.4 Å². The van der Waals surface area contributed by atoms with Gasteiger partial charge in [-0.05, 0) is 13.8 Å². The highest BCUT2D eigenvalue weighted by Crippen LogP contribution is 1.78. The second-order valence-electron chi connectivity index (χ2n) is 2.83. The van der Waals surface area contributed by atoms with Gasteiger partial charge in [-0.25, -0.2) is 4.79 Å². The fraction of sp³-hybridized carbons (Fsp3) is 0.444. The summed E-state index contributed by atoms with van der Waals surface area (Å²) in [5, 5.41) is 29.7. The molecule has 18 heavy (non-hydrogen) atoms. The van der Waals surface area contributed by atoms with Crippen LogP contribution in [0, 0.1) is 0 Å². The monoisotopic (exact) mass is 266 g/mol. The number of rotatable bonds is 4. The molecule has 0 bridgehead atoms. The van der Waals surface area contributed by atoms with E-state index in [1.165, 1.54) is 13.8 Å². The molecule has 0 aromatic rings. The van der Waals surface area contributed by atoms with Gasteiger partial charge in [-0.3, -0.25) is 19.2 Å². The molecule has 0 aromatic heterocycles. The number of carboxylic acids is 2. The Labute approximate surface area is 102 Å². The van der Waals surface area contributed by atoms with Crippen molar-refractivity contribution < 1.29 is 44.4 Å². The van der Waals surface area contributed by atoms with Crippen molar-refractivity contribution in [2.24, 2.45) is 0 Å². The van der Waals surface area contributed by atoms with E-state index in [1.807, 2.05) is 0 Å². The van der Waals surface area contributed by atoms with Gasteiger partial charge in [0.25, 0.3) is 0 Å². The summed E-state index contributed by atoms with van der Waals surface area (Å²) in [7, 11) is 0. The maximum atomic E-state index is 9.87. The van der Waals surface area contributed by atoms with Crippen LogP contribution in [0.15, 0.2) is 0 Å². The average Bonchev–Trinajstić information content (AvgIpc) is 1.96. The molecule has 0 fully saturated rings. The van der Waals surface area contributed by atoms with Crippen LogP contribution in [0.2, 0.25) is 0 Å². The smallest absolute Gasteiger partial charge is 0.481 e. The van der Waals surface area contributed by atoms with E-state index in [1.54, 1.807) is 0 Å². The minimum atomic E-state index is -1.83. The van der Waals surface area contributed by atoms with Gasteiger partial charge in [-0.1, -0.05) is 0 Å². The predicted molar refractivity (Wildman–Crippen MR) is 56.5 cm³/mol. The first-order valence-corrected chi connectivity index (χ1v) is 4.33. The van der Waals surface area contributed by atoms with Crippen LogP contribution >= 0.6 is 0 Å². The summed E-state index contributed by atoms with van der Waals surface area (Å²) in [6.07, 6.45) is -2.56. The van der Waals surface area contributed by atoms with Crippen LogP contribution < -0.4 is 0 Å². The van der Waals surface area contributed by atoms with Gasteiger partial charge in [0.05, 0.1) is 0 Å². The van der Waals surface area contributed by atoms with E-state index < -0.39 is 18.1 Å². The standard InChI is InChI=1S/2C4H6O3.CH2O3/c2*1-3(5)2-4(6)7;2-1(3)4/h2*2H2,1H3,(H,6,7);(H2,2,3,4). The fourth-order valence-corrected chi connectivity index (χ4v) is 0.426. The van der Waals surface area contributed by atoms with Crippen LogP contribution in [-0.4, -0.2) is 50.1 Å². The SMILES string of the molecule is CC(=O)CC(=O)O.CC(=O)CC(=O)O.O=C(O)O. The molecule has 0 aromatic carbocycles. The Morgan fingerprint density at radius 1 is 0.667 bits per heavy atom. The van der Waals surface area contributed by atoms with E-state index in [0.29, 0.717) is 0 Å². The van der Waals surface area contributed by atoms with Crippen molar-refractivity contribution in [3.63, 3.8) is 0 Å². The number of hydrogen-bond donors (Lipinski definition) is 4. The molecule has 0 rings (SSSR count). The third kappa shape index (κ3) is 69.3. The molecule has 0 saturated carbocycles. The van der Waals surface area contributed by atoms with Crippen molar-refractivity contribution in [2.75, 3.05) is 0 Å². The second kappa shape index (κ2) is 12.6. The van der Waals surface area contributed by atoms with Crippen LogP contribution in [0.25, 0.3) is 0 Å². The molecule has 9 nitrogen and oxygen atoms in total. The highest BCUT2D eigenvalue weighted by molar-refractivity contribution is 5.93. The third-order valence-electron chi connectivity index (χ3n) is 0.800. The second-order valence-corrected chi connectivity index (χ2v) is 2.83. The van der Waals surface area contributed by atoms with Gasteiger partial charge in [0, 0.05) is 0 Å². The Hall–Kier alpha value is -2.45. The van der Waals surface area contributed by atoms with Crippen LogP contribution in [0.3, 0.4) is 0 Å². The zero-order valence-electron chi connectivity index (χ0n) is 9.74. The summed E-state index contributed by atoms with van der Waals surface area (Å²) in [5.74, 6) is -2.75. The first-order valence-electron chi connectivity index (χ1n) is 4.33. The van der Waals surface area contributed by atoms with Gasteiger partial charge < -0.3 is 20.4 Å². The van der Waals surface area contributed by atoms with Gasteiger partial charge in [0.1, 0.15) is 24.4 Å². The van der Waals surface area contributed by atoms with Crippen LogP contribution in [0.4, 0.5) is 4.79 Å². The van der Waals surface area contributed by atoms with Gasteiger partial charge in [-0.2, -0.15) is 0 Å². The zero-order chi connectivity index (χ0) is 15.3. The van der Waals surface area contributed by atoms with Crippen molar-refractivity contribution in [1.29, 1.82) is 0 Å². The first kappa shape index (κ1) is 20.9. The van der Waals surface area contributed by atoms with E-state index in [9.17, 15) is 19.2 Å². The summed E-state index contributed by atoms with van der Waals surface area (Å²) in [6.45, 7) is 2.49. The molecule has 0 unspecified atom stereocenters. The topological polar surface area (TPSA) is 166 Å². The molecule has 0 aliphatic carbocycles. The van der Waals surface area contributed by atoms with E-state index in [0.717, 1.165) is 0 Å². The lowest BCUT2D eigenvalue weighted by atomic mass is 10.3. The predicted octanol–water partition coefficient (Wildman–Crippen LogP) is 0.323. The van der Waals surface area contributed by atoms with Crippen LogP contribution in [0.5, 0.6) is 0 Å². The number of carbonyl (C=O) groups is 5. The van der Waals surface area contributed by atoms with Crippen molar-refractivity contribution in [2.45, 2.75) is 26.7 Å². The minimum Gasteiger partial charge on any atom is -0.481 e. The van der Waals surface area contributed by atoms with Gasteiger partial charge in [-0.15, -0.1) is 0 Å². The van der Waals surface area contributed by atoms with Crippen molar-refractivity contribution >= 4 is 29.7 Å². The zero-order valence-corrected chi connectivity index (χ0v) is 9.74. The first-order chi connectivity index (χ1) is 7.98. The highest BCUT2D eigenvalue weighted by Gasteiger charge is 1.98. The quantitative estimate of drug-likeness (QED) is 0.524. The van der Waals surface area contributed by atoms with E-state index in [4.69, 9.17) is 25.2 Å². The molecular weight excluding hydrogens is 252 g/mol. The van der Waals surface area contributed by atoms with Gasteiger partial charge in [0.15, 0.2) is 0 Å². The van der Waals surface area contributed by atoms with Crippen LogP contribution in [0.1, 0.15) is 26.7 Å². The molecule has 0 atom stereocenters.